The van der Waals surface area contributed by atoms with Gasteiger partial charge in [-0.25, -0.2) is 0 Å². The van der Waals surface area contributed by atoms with Crippen molar-refractivity contribution in [3.8, 4) is 5.69 Å². The maximum absolute atomic E-state index is 12.4. The third-order valence-corrected chi connectivity index (χ3v) is 5.38. The molecule has 0 aliphatic rings. The van der Waals surface area contributed by atoms with Crippen molar-refractivity contribution in [2.24, 2.45) is 0 Å². The number of tetrazole rings is 1. The molecule has 3 aromatic rings. The SMILES string of the molecule is Cc1ccc(-n2nnnc2SCC(=O)NC(C)c2ccc(C)c(C)c2)cc1. The normalized spacial score (nSPS) is 12.0. The highest BCUT2D eigenvalue weighted by molar-refractivity contribution is 7.99. The fourth-order valence-corrected chi connectivity index (χ4v) is 3.35. The Morgan fingerprint density at radius 2 is 1.85 bits per heavy atom. The highest BCUT2D eigenvalue weighted by Crippen LogP contribution is 2.20. The number of hydrogen-bond acceptors (Lipinski definition) is 5. The average Bonchev–Trinajstić information content (AvgIpc) is 3.11. The quantitative estimate of drug-likeness (QED) is 0.661. The maximum atomic E-state index is 12.4. The van der Waals surface area contributed by atoms with Gasteiger partial charge < -0.3 is 5.32 Å². The summed E-state index contributed by atoms with van der Waals surface area (Å²) in [6.45, 7) is 8.18. The first kappa shape index (κ1) is 19.1. The van der Waals surface area contributed by atoms with Gasteiger partial charge >= 0.3 is 0 Å². The van der Waals surface area contributed by atoms with Crippen molar-refractivity contribution in [2.75, 3.05) is 5.75 Å². The number of nitrogens with one attached hydrogen (secondary N) is 1. The molecule has 0 radical (unpaired) electrons. The van der Waals surface area contributed by atoms with Crippen LogP contribution in [0.15, 0.2) is 47.6 Å². The lowest BCUT2D eigenvalue weighted by Gasteiger charge is -2.15. The average molecular weight is 382 g/mol. The largest absolute Gasteiger partial charge is 0.349 e. The second-order valence-electron chi connectivity index (χ2n) is 6.63. The van der Waals surface area contributed by atoms with Gasteiger partial charge in [0.1, 0.15) is 0 Å². The van der Waals surface area contributed by atoms with Gasteiger partial charge in [-0.1, -0.05) is 47.7 Å². The number of thioether (sulfide) groups is 1. The third kappa shape index (κ3) is 4.74. The van der Waals surface area contributed by atoms with Gasteiger partial charge in [-0.2, -0.15) is 4.68 Å². The first-order valence-electron chi connectivity index (χ1n) is 8.79. The summed E-state index contributed by atoms with van der Waals surface area (Å²) in [4.78, 5) is 12.4. The molecular weight excluding hydrogens is 358 g/mol. The fraction of sp³-hybridized carbons (Fsp3) is 0.300. The second-order valence-corrected chi connectivity index (χ2v) is 7.57. The lowest BCUT2D eigenvalue weighted by atomic mass is 10.0. The van der Waals surface area contributed by atoms with Crippen molar-refractivity contribution >= 4 is 17.7 Å². The number of amides is 1. The number of benzene rings is 2. The molecule has 6 nitrogen and oxygen atoms in total. The predicted octanol–water partition coefficient (Wildman–Crippen LogP) is 3.56. The summed E-state index contributed by atoms with van der Waals surface area (Å²) >= 11 is 1.32. The number of aromatic nitrogens is 4. The zero-order valence-corrected chi connectivity index (χ0v) is 16.7. The third-order valence-electron chi connectivity index (χ3n) is 4.46. The van der Waals surface area contributed by atoms with Crippen LogP contribution in [0.1, 0.15) is 35.2 Å². The van der Waals surface area contributed by atoms with Gasteiger partial charge in [-0.05, 0) is 66.9 Å². The minimum Gasteiger partial charge on any atom is -0.349 e. The molecule has 0 aliphatic carbocycles. The summed E-state index contributed by atoms with van der Waals surface area (Å²) in [5, 5.41) is 15.4. The molecule has 1 N–H and O–H groups in total. The Hall–Kier alpha value is -2.67. The topological polar surface area (TPSA) is 72.7 Å². The Labute approximate surface area is 163 Å². The van der Waals surface area contributed by atoms with Crippen LogP contribution in [0.2, 0.25) is 0 Å². The van der Waals surface area contributed by atoms with E-state index < -0.39 is 0 Å². The van der Waals surface area contributed by atoms with Crippen LogP contribution in [0.25, 0.3) is 5.69 Å². The van der Waals surface area contributed by atoms with E-state index in [-0.39, 0.29) is 17.7 Å². The number of nitrogens with zero attached hydrogens (tertiary/aromatic N) is 4. The van der Waals surface area contributed by atoms with E-state index in [1.54, 1.807) is 4.68 Å². The van der Waals surface area contributed by atoms with Crippen LogP contribution in [-0.4, -0.2) is 31.9 Å². The number of hydrogen-bond donors (Lipinski definition) is 1. The van der Waals surface area contributed by atoms with Gasteiger partial charge in [0.25, 0.3) is 0 Å². The molecule has 0 bridgehead atoms. The van der Waals surface area contributed by atoms with E-state index in [1.165, 1.54) is 28.5 Å². The van der Waals surface area contributed by atoms with E-state index in [0.717, 1.165) is 11.3 Å². The van der Waals surface area contributed by atoms with E-state index in [1.807, 2.05) is 38.1 Å². The molecule has 1 aromatic heterocycles. The fourth-order valence-electron chi connectivity index (χ4n) is 2.65. The van der Waals surface area contributed by atoms with E-state index in [2.05, 4.69) is 52.9 Å². The molecule has 2 aromatic carbocycles. The Morgan fingerprint density at radius 3 is 2.56 bits per heavy atom. The molecule has 27 heavy (non-hydrogen) atoms. The Bertz CT molecular complexity index is 936. The molecule has 7 heteroatoms. The van der Waals surface area contributed by atoms with Gasteiger partial charge in [-0.3, -0.25) is 4.79 Å². The van der Waals surface area contributed by atoms with Crippen molar-refractivity contribution in [3.05, 3.63) is 64.7 Å². The van der Waals surface area contributed by atoms with Crippen molar-refractivity contribution < 1.29 is 4.79 Å². The van der Waals surface area contributed by atoms with Gasteiger partial charge in [0.2, 0.25) is 11.1 Å². The standard InChI is InChI=1S/C20H23N5OS/c1-13-5-9-18(10-6-13)25-20(22-23-24-25)27-12-19(26)21-16(4)17-8-7-14(2)15(3)11-17/h5-11,16H,12H2,1-4H3,(H,21,26). The van der Waals surface area contributed by atoms with Crippen LogP contribution < -0.4 is 5.32 Å². The second kappa shape index (κ2) is 8.35. The monoisotopic (exact) mass is 381 g/mol. The summed E-state index contributed by atoms with van der Waals surface area (Å²) in [6, 6.07) is 14.1. The van der Waals surface area contributed by atoms with Crippen LogP contribution in [0.5, 0.6) is 0 Å². The molecule has 1 atom stereocenters. The van der Waals surface area contributed by atoms with E-state index in [0.29, 0.717) is 5.16 Å². The van der Waals surface area contributed by atoms with Crippen molar-refractivity contribution in [1.82, 2.24) is 25.5 Å². The summed E-state index contributed by atoms with van der Waals surface area (Å²) in [6.07, 6.45) is 0. The van der Waals surface area contributed by atoms with Crippen molar-refractivity contribution in [1.29, 1.82) is 0 Å². The van der Waals surface area contributed by atoms with Crippen LogP contribution in [0.3, 0.4) is 0 Å². The number of carbonyl (C=O) groups is 1. The van der Waals surface area contributed by atoms with Crippen molar-refractivity contribution in [3.63, 3.8) is 0 Å². The molecule has 0 saturated carbocycles. The molecule has 0 aliphatic heterocycles. The smallest absolute Gasteiger partial charge is 0.230 e. The Balaban J connectivity index is 1.60. The summed E-state index contributed by atoms with van der Waals surface area (Å²) < 4.78 is 1.64. The molecular formula is C20H23N5OS. The van der Waals surface area contributed by atoms with E-state index in [4.69, 9.17) is 0 Å². The van der Waals surface area contributed by atoms with Crippen molar-refractivity contribution in [2.45, 2.75) is 38.9 Å². The first-order valence-corrected chi connectivity index (χ1v) is 9.77. The summed E-state index contributed by atoms with van der Waals surface area (Å²) in [7, 11) is 0. The van der Waals surface area contributed by atoms with Gasteiger partial charge in [0.05, 0.1) is 17.5 Å². The van der Waals surface area contributed by atoms with Crippen LogP contribution >= 0.6 is 11.8 Å². The van der Waals surface area contributed by atoms with E-state index >= 15 is 0 Å². The molecule has 0 fully saturated rings. The number of carbonyl (C=O) groups excluding carboxylic acids is 1. The Morgan fingerprint density at radius 1 is 1.11 bits per heavy atom. The van der Waals surface area contributed by atoms with Crippen LogP contribution in [0, 0.1) is 20.8 Å². The minimum atomic E-state index is -0.0517. The molecule has 0 spiro atoms. The molecule has 1 heterocycles. The number of rotatable bonds is 6. The van der Waals surface area contributed by atoms with Crippen LogP contribution in [-0.2, 0) is 4.79 Å². The minimum absolute atomic E-state index is 0.0505. The maximum Gasteiger partial charge on any atom is 0.230 e. The highest BCUT2D eigenvalue weighted by atomic mass is 32.2. The molecule has 1 amide bonds. The molecule has 140 valence electrons. The number of aryl methyl sites for hydroxylation is 3. The summed E-state index contributed by atoms with van der Waals surface area (Å²) in [5.41, 5.74) is 5.61. The highest BCUT2D eigenvalue weighted by Gasteiger charge is 2.14. The predicted molar refractivity (Wildman–Crippen MR) is 107 cm³/mol. The van der Waals surface area contributed by atoms with E-state index in [9.17, 15) is 4.79 Å². The van der Waals surface area contributed by atoms with Gasteiger partial charge in [0.15, 0.2) is 0 Å². The Kier molecular flexibility index (Phi) is 5.91. The first-order chi connectivity index (χ1) is 12.9. The molecule has 1 unspecified atom stereocenters. The van der Waals surface area contributed by atoms with Crippen LogP contribution in [0.4, 0.5) is 0 Å². The lowest BCUT2D eigenvalue weighted by Crippen LogP contribution is -2.28. The molecule has 3 rings (SSSR count). The van der Waals surface area contributed by atoms with Gasteiger partial charge in [0, 0.05) is 0 Å². The lowest BCUT2D eigenvalue weighted by molar-refractivity contribution is -0.119. The van der Waals surface area contributed by atoms with Gasteiger partial charge in [-0.15, -0.1) is 5.10 Å². The zero-order chi connectivity index (χ0) is 19.4. The molecule has 0 saturated heterocycles. The zero-order valence-electron chi connectivity index (χ0n) is 15.9. The summed E-state index contributed by atoms with van der Waals surface area (Å²) in [5.74, 6) is 0.200.